The van der Waals surface area contributed by atoms with Crippen molar-refractivity contribution in [3.63, 3.8) is 0 Å². The van der Waals surface area contributed by atoms with E-state index in [0.29, 0.717) is 18.0 Å². The van der Waals surface area contributed by atoms with Crippen molar-refractivity contribution in [1.82, 2.24) is 5.16 Å². The monoisotopic (exact) mass is 301 g/mol. The largest absolute Gasteiger partial charge is 0.497 e. The van der Waals surface area contributed by atoms with Gasteiger partial charge in [0.2, 0.25) is 11.8 Å². The number of methoxy groups -OCH3 is 1. The zero-order valence-corrected chi connectivity index (χ0v) is 12.0. The highest BCUT2D eigenvalue weighted by atomic mass is 16.5. The number of rotatable bonds is 4. The van der Waals surface area contributed by atoms with E-state index in [1.165, 1.54) is 12.5 Å². The van der Waals surface area contributed by atoms with Crippen LogP contribution in [0, 0.1) is 5.92 Å². The summed E-state index contributed by atoms with van der Waals surface area (Å²) < 4.78 is 9.82. The Kier molecular flexibility index (Phi) is 3.78. The van der Waals surface area contributed by atoms with Gasteiger partial charge in [-0.1, -0.05) is 11.2 Å². The van der Waals surface area contributed by atoms with Crippen LogP contribution < -0.4 is 15.0 Å². The van der Waals surface area contributed by atoms with Gasteiger partial charge in [0.1, 0.15) is 17.7 Å². The number of aromatic nitrogens is 1. The van der Waals surface area contributed by atoms with Gasteiger partial charge in [-0.05, 0) is 12.1 Å². The normalized spacial score (nSPS) is 17.6. The van der Waals surface area contributed by atoms with Gasteiger partial charge in [-0.3, -0.25) is 9.59 Å². The third-order valence-electron chi connectivity index (χ3n) is 3.56. The first-order valence-corrected chi connectivity index (χ1v) is 6.82. The molecule has 1 aliphatic rings. The minimum Gasteiger partial charge on any atom is -0.497 e. The highest BCUT2D eigenvalue weighted by Crippen LogP contribution is 2.28. The molecule has 1 aliphatic heterocycles. The van der Waals surface area contributed by atoms with E-state index in [2.05, 4.69) is 15.0 Å². The molecule has 1 saturated heterocycles. The summed E-state index contributed by atoms with van der Waals surface area (Å²) in [6, 6.07) is 7.21. The molecule has 1 fully saturated rings. The molecule has 1 aromatic carbocycles. The molecule has 1 atom stereocenters. The van der Waals surface area contributed by atoms with Gasteiger partial charge in [0, 0.05) is 24.7 Å². The maximum atomic E-state index is 12.2. The lowest BCUT2D eigenvalue weighted by Crippen LogP contribution is -2.28. The van der Waals surface area contributed by atoms with Gasteiger partial charge in [-0.15, -0.1) is 0 Å². The first-order chi connectivity index (χ1) is 10.7. The molecule has 0 saturated carbocycles. The minimum atomic E-state index is -0.409. The fourth-order valence-corrected chi connectivity index (χ4v) is 2.42. The van der Waals surface area contributed by atoms with E-state index in [4.69, 9.17) is 4.74 Å². The molecule has 7 heteroatoms. The number of carbonyl (C=O) groups excluding carboxylic acids is 2. The summed E-state index contributed by atoms with van der Waals surface area (Å²) in [7, 11) is 1.57. The van der Waals surface area contributed by atoms with Crippen LogP contribution in [0.3, 0.4) is 0 Å². The second-order valence-electron chi connectivity index (χ2n) is 5.01. The van der Waals surface area contributed by atoms with Crippen molar-refractivity contribution in [2.75, 3.05) is 23.9 Å². The Bertz CT molecular complexity index is 684. The van der Waals surface area contributed by atoms with Crippen molar-refractivity contribution >= 4 is 23.2 Å². The molecule has 2 heterocycles. The quantitative estimate of drug-likeness (QED) is 0.928. The van der Waals surface area contributed by atoms with Crippen LogP contribution in [0.5, 0.6) is 5.75 Å². The fraction of sp³-hybridized carbons (Fsp3) is 0.267. The van der Waals surface area contributed by atoms with Crippen molar-refractivity contribution in [2.45, 2.75) is 6.42 Å². The molecule has 2 amide bonds. The van der Waals surface area contributed by atoms with Crippen LogP contribution in [0.25, 0.3) is 0 Å². The molecule has 0 unspecified atom stereocenters. The number of nitrogens with one attached hydrogen (secondary N) is 1. The van der Waals surface area contributed by atoms with Crippen LogP contribution in [0.4, 0.5) is 11.4 Å². The first-order valence-electron chi connectivity index (χ1n) is 6.82. The van der Waals surface area contributed by atoms with Crippen molar-refractivity contribution in [2.24, 2.45) is 5.92 Å². The van der Waals surface area contributed by atoms with Crippen LogP contribution in [0.2, 0.25) is 0 Å². The number of benzene rings is 1. The van der Waals surface area contributed by atoms with E-state index in [-0.39, 0.29) is 18.2 Å². The first kappa shape index (κ1) is 14.1. The molecule has 0 spiro atoms. The number of hydrogen-bond acceptors (Lipinski definition) is 5. The topological polar surface area (TPSA) is 84.7 Å². The van der Waals surface area contributed by atoms with Gasteiger partial charge in [0.15, 0.2) is 0 Å². The highest BCUT2D eigenvalue weighted by molar-refractivity contribution is 6.03. The maximum absolute atomic E-state index is 12.2. The Labute approximate surface area is 126 Å². The molecule has 0 aliphatic carbocycles. The summed E-state index contributed by atoms with van der Waals surface area (Å²) in [5, 5.41) is 6.20. The van der Waals surface area contributed by atoms with Gasteiger partial charge >= 0.3 is 0 Å². The van der Waals surface area contributed by atoms with E-state index in [0.717, 1.165) is 5.69 Å². The third-order valence-corrected chi connectivity index (χ3v) is 3.56. The number of amides is 2. The molecular formula is C15H15N3O4. The average molecular weight is 301 g/mol. The molecule has 114 valence electrons. The summed E-state index contributed by atoms with van der Waals surface area (Å²) in [5.41, 5.74) is 1.21. The lowest BCUT2D eigenvalue weighted by molar-refractivity contribution is -0.122. The highest BCUT2D eigenvalue weighted by Gasteiger charge is 2.35. The van der Waals surface area contributed by atoms with E-state index >= 15 is 0 Å². The Morgan fingerprint density at radius 1 is 1.50 bits per heavy atom. The lowest BCUT2D eigenvalue weighted by atomic mass is 10.1. The predicted molar refractivity (Wildman–Crippen MR) is 78.6 cm³/mol. The number of nitrogens with zero attached hydrogens (tertiary/aromatic N) is 2. The predicted octanol–water partition coefficient (Wildman–Crippen LogP) is 1.67. The number of anilines is 2. The molecule has 1 N–H and O–H groups in total. The second-order valence-corrected chi connectivity index (χ2v) is 5.01. The molecule has 22 heavy (non-hydrogen) atoms. The third kappa shape index (κ3) is 2.78. The molecule has 0 bridgehead atoms. The van der Waals surface area contributed by atoms with Gasteiger partial charge in [0.25, 0.3) is 0 Å². The fourth-order valence-electron chi connectivity index (χ4n) is 2.42. The smallest absolute Gasteiger partial charge is 0.229 e. The van der Waals surface area contributed by atoms with Crippen molar-refractivity contribution in [1.29, 1.82) is 0 Å². The Balaban J connectivity index is 1.71. The zero-order chi connectivity index (χ0) is 15.5. The van der Waals surface area contributed by atoms with E-state index in [9.17, 15) is 9.59 Å². The summed E-state index contributed by atoms with van der Waals surface area (Å²) in [5.74, 6) is -0.0445. The Morgan fingerprint density at radius 3 is 3.09 bits per heavy atom. The van der Waals surface area contributed by atoms with Gasteiger partial charge in [-0.25, -0.2) is 0 Å². The number of hydrogen-bond donors (Lipinski definition) is 1. The molecule has 1 aromatic heterocycles. The molecule has 0 radical (unpaired) electrons. The number of ether oxygens (including phenoxy) is 1. The average Bonchev–Trinajstić information content (AvgIpc) is 3.17. The Morgan fingerprint density at radius 2 is 2.36 bits per heavy atom. The summed E-state index contributed by atoms with van der Waals surface area (Å²) in [4.78, 5) is 25.9. The number of carbonyl (C=O) groups is 2. The van der Waals surface area contributed by atoms with Crippen molar-refractivity contribution in [3.05, 3.63) is 36.7 Å². The molecule has 2 aromatic rings. The van der Waals surface area contributed by atoms with E-state index in [1.54, 1.807) is 24.1 Å². The van der Waals surface area contributed by atoms with Crippen molar-refractivity contribution in [3.8, 4) is 5.75 Å². The van der Waals surface area contributed by atoms with Crippen molar-refractivity contribution < 1.29 is 18.8 Å². The zero-order valence-electron chi connectivity index (χ0n) is 12.0. The SMILES string of the molecule is COc1cccc(N2C[C@H](C(=O)Nc3cnoc3)CC2=O)c1. The molecule has 7 nitrogen and oxygen atoms in total. The molecular weight excluding hydrogens is 286 g/mol. The summed E-state index contributed by atoms with van der Waals surface area (Å²) in [6.07, 6.45) is 2.93. The van der Waals surface area contributed by atoms with Crippen LogP contribution in [0.15, 0.2) is 41.2 Å². The van der Waals surface area contributed by atoms with Crippen LogP contribution >= 0.6 is 0 Å². The van der Waals surface area contributed by atoms with Crippen LogP contribution in [-0.4, -0.2) is 30.6 Å². The van der Waals surface area contributed by atoms with Crippen LogP contribution in [-0.2, 0) is 9.59 Å². The van der Waals surface area contributed by atoms with E-state index < -0.39 is 5.92 Å². The minimum absolute atomic E-state index is 0.0845. The summed E-state index contributed by atoms with van der Waals surface area (Å²) >= 11 is 0. The van der Waals surface area contributed by atoms with Gasteiger partial charge in [-0.2, -0.15) is 0 Å². The van der Waals surface area contributed by atoms with Gasteiger partial charge < -0.3 is 19.5 Å². The van der Waals surface area contributed by atoms with E-state index in [1.807, 2.05) is 12.1 Å². The Hall–Kier alpha value is -2.83. The van der Waals surface area contributed by atoms with Gasteiger partial charge in [0.05, 0.1) is 19.2 Å². The van der Waals surface area contributed by atoms with Crippen LogP contribution in [0.1, 0.15) is 6.42 Å². The maximum Gasteiger partial charge on any atom is 0.229 e. The lowest BCUT2D eigenvalue weighted by Gasteiger charge is -2.17. The second kappa shape index (κ2) is 5.88. The summed E-state index contributed by atoms with van der Waals surface area (Å²) in [6.45, 7) is 0.336. The standard InChI is InChI=1S/C15H15N3O4/c1-21-13-4-2-3-12(6-13)18-8-10(5-14(18)19)15(20)17-11-7-16-22-9-11/h2-4,6-7,9-10H,5,8H2,1H3,(H,17,20)/t10-/m1/s1. The molecule has 3 rings (SSSR count).